The van der Waals surface area contributed by atoms with Gasteiger partial charge in [-0.3, -0.25) is 4.79 Å². The first-order valence-corrected chi connectivity index (χ1v) is 6.54. The molecule has 0 atom stereocenters. The molecule has 1 aliphatic rings. The van der Waals surface area contributed by atoms with Gasteiger partial charge in [-0.25, -0.2) is 12.7 Å². The summed E-state index contributed by atoms with van der Waals surface area (Å²) in [7, 11) is -1.61. The van der Waals surface area contributed by atoms with Gasteiger partial charge in [0.05, 0.1) is 6.26 Å². The van der Waals surface area contributed by atoms with E-state index in [2.05, 4.69) is 5.32 Å². The molecule has 88 valence electrons. The van der Waals surface area contributed by atoms with Crippen LogP contribution in [0.1, 0.15) is 12.8 Å². The standard InChI is InChI=1S/C8H16N2O4S/c1-9-8(7(11)12)3-5-10(6-4-8)15(2,13)14/h9H,3-6H2,1-2H3,(H,11,12). The SMILES string of the molecule is CNC1(C(=O)O)CCN(S(C)(=O)=O)CC1. The highest BCUT2D eigenvalue weighted by atomic mass is 32.2. The third-order valence-electron chi connectivity index (χ3n) is 2.93. The second kappa shape index (κ2) is 4.07. The van der Waals surface area contributed by atoms with Crippen molar-refractivity contribution in [2.75, 3.05) is 26.4 Å². The number of piperidine rings is 1. The lowest BCUT2D eigenvalue weighted by molar-refractivity contribution is -0.146. The highest BCUT2D eigenvalue weighted by molar-refractivity contribution is 7.88. The molecule has 0 aliphatic carbocycles. The molecule has 7 heteroatoms. The van der Waals surface area contributed by atoms with E-state index < -0.39 is 21.5 Å². The fraction of sp³-hybridized carbons (Fsp3) is 0.875. The summed E-state index contributed by atoms with van der Waals surface area (Å²) in [6.45, 7) is 0.512. The molecule has 0 bridgehead atoms. The Balaban J connectivity index is 2.74. The number of carbonyl (C=O) groups is 1. The van der Waals surface area contributed by atoms with Crippen molar-refractivity contribution in [1.82, 2.24) is 9.62 Å². The monoisotopic (exact) mass is 236 g/mol. The lowest BCUT2D eigenvalue weighted by Gasteiger charge is -2.37. The molecular formula is C8H16N2O4S. The van der Waals surface area contributed by atoms with Gasteiger partial charge in [-0.1, -0.05) is 0 Å². The Morgan fingerprint density at radius 3 is 2.13 bits per heavy atom. The number of hydrogen-bond donors (Lipinski definition) is 2. The first-order valence-electron chi connectivity index (χ1n) is 4.69. The topological polar surface area (TPSA) is 86.7 Å². The summed E-state index contributed by atoms with van der Waals surface area (Å²) in [6, 6.07) is 0. The number of nitrogens with one attached hydrogen (secondary N) is 1. The molecular weight excluding hydrogens is 220 g/mol. The minimum absolute atomic E-state index is 0.256. The van der Waals surface area contributed by atoms with Crippen LogP contribution in [0.5, 0.6) is 0 Å². The second-order valence-corrected chi connectivity index (χ2v) is 5.78. The van der Waals surface area contributed by atoms with Crippen LogP contribution in [-0.4, -0.2) is 55.7 Å². The lowest BCUT2D eigenvalue weighted by Crippen LogP contribution is -2.57. The maximum atomic E-state index is 11.2. The van der Waals surface area contributed by atoms with Crippen LogP contribution in [0.25, 0.3) is 0 Å². The smallest absolute Gasteiger partial charge is 0.323 e. The summed E-state index contributed by atoms with van der Waals surface area (Å²) in [6.07, 6.45) is 1.73. The van der Waals surface area contributed by atoms with Gasteiger partial charge in [-0.15, -0.1) is 0 Å². The fourth-order valence-corrected chi connectivity index (χ4v) is 2.62. The van der Waals surface area contributed by atoms with Gasteiger partial charge >= 0.3 is 5.97 Å². The van der Waals surface area contributed by atoms with E-state index >= 15 is 0 Å². The zero-order valence-corrected chi connectivity index (χ0v) is 9.67. The zero-order valence-electron chi connectivity index (χ0n) is 8.86. The summed E-state index contributed by atoms with van der Waals surface area (Å²) >= 11 is 0. The Hall–Kier alpha value is -0.660. The van der Waals surface area contributed by atoms with Crippen molar-refractivity contribution >= 4 is 16.0 Å². The predicted octanol–water partition coefficient (Wildman–Crippen LogP) is -0.915. The van der Waals surface area contributed by atoms with Gasteiger partial charge in [0.15, 0.2) is 0 Å². The summed E-state index contributed by atoms with van der Waals surface area (Å²) in [5, 5.41) is 11.8. The van der Waals surface area contributed by atoms with E-state index in [1.54, 1.807) is 7.05 Å². The Kier molecular flexibility index (Phi) is 3.37. The van der Waals surface area contributed by atoms with Crippen LogP contribution in [-0.2, 0) is 14.8 Å². The van der Waals surface area contributed by atoms with E-state index in [1.165, 1.54) is 4.31 Å². The fourth-order valence-electron chi connectivity index (χ4n) is 1.77. The van der Waals surface area contributed by atoms with Gasteiger partial charge < -0.3 is 10.4 Å². The van der Waals surface area contributed by atoms with Gasteiger partial charge in [0.1, 0.15) is 5.54 Å². The molecule has 0 aromatic carbocycles. The van der Waals surface area contributed by atoms with Gasteiger partial charge in [0, 0.05) is 13.1 Å². The molecule has 0 unspecified atom stereocenters. The van der Waals surface area contributed by atoms with Crippen LogP contribution in [0, 0.1) is 0 Å². The van der Waals surface area contributed by atoms with Gasteiger partial charge in [-0.05, 0) is 19.9 Å². The number of aliphatic carboxylic acids is 1. The zero-order chi connectivity index (χ0) is 11.7. The molecule has 1 saturated heterocycles. The highest BCUT2D eigenvalue weighted by Gasteiger charge is 2.41. The van der Waals surface area contributed by atoms with E-state index in [0.29, 0.717) is 12.8 Å². The van der Waals surface area contributed by atoms with Gasteiger partial charge in [0.25, 0.3) is 0 Å². The number of sulfonamides is 1. The first-order chi connectivity index (χ1) is 6.82. The van der Waals surface area contributed by atoms with Crippen molar-refractivity contribution in [3.05, 3.63) is 0 Å². The van der Waals surface area contributed by atoms with Crippen molar-refractivity contribution in [2.45, 2.75) is 18.4 Å². The number of rotatable bonds is 3. The van der Waals surface area contributed by atoms with Crippen molar-refractivity contribution in [1.29, 1.82) is 0 Å². The second-order valence-electron chi connectivity index (χ2n) is 3.80. The van der Waals surface area contributed by atoms with Crippen molar-refractivity contribution in [3.63, 3.8) is 0 Å². The first kappa shape index (κ1) is 12.4. The molecule has 0 spiro atoms. The average Bonchev–Trinajstić information content (AvgIpc) is 2.16. The summed E-state index contributed by atoms with van der Waals surface area (Å²) in [5.41, 5.74) is -0.971. The highest BCUT2D eigenvalue weighted by Crippen LogP contribution is 2.23. The third kappa shape index (κ3) is 2.47. The van der Waals surface area contributed by atoms with E-state index in [-0.39, 0.29) is 13.1 Å². The number of carboxylic acid groups (broad SMARTS) is 1. The average molecular weight is 236 g/mol. The van der Waals surface area contributed by atoms with Crippen LogP contribution in [0.2, 0.25) is 0 Å². The minimum atomic E-state index is -3.20. The minimum Gasteiger partial charge on any atom is -0.480 e. The molecule has 0 aromatic rings. The number of carboxylic acids is 1. The van der Waals surface area contributed by atoms with Gasteiger partial charge in [0.2, 0.25) is 10.0 Å². The van der Waals surface area contributed by atoms with E-state index in [1.807, 2.05) is 0 Å². The van der Waals surface area contributed by atoms with E-state index in [4.69, 9.17) is 5.11 Å². The van der Waals surface area contributed by atoms with Gasteiger partial charge in [-0.2, -0.15) is 0 Å². The molecule has 1 aliphatic heterocycles. The van der Waals surface area contributed by atoms with Crippen LogP contribution < -0.4 is 5.32 Å². The quantitative estimate of drug-likeness (QED) is 0.662. The van der Waals surface area contributed by atoms with E-state index in [9.17, 15) is 13.2 Å². The Labute approximate surface area is 89.3 Å². The molecule has 1 rings (SSSR count). The van der Waals surface area contributed by atoms with Crippen LogP contribution in [0.3, 0.4) is 0 Å². The Morgan fingerprint density at radius 2 is 1.87 bits per heavy atom. The molecule has 1 heterocycles. The number of likely N-dealkylation sites (N-methyl/N-ethyl adjacent to an activating group) is 1. The van der Waals surface area contributed by atoms with Crippen molar-refractivity contribution in [3.8, 4) is 0 Å². The molecule has 0 radical (unpaired) electrons. The summed E-state index contributed by atoms with van der Waals surface area (Å²) in [5.74, 6) is -0.918. The molecule has 6 nitrogen and oxygen atoms in total. The third-order valence-corrected chi connectivity index (χ3v) is 4.24. The lowest BCUT2D eigenvalue weighted by atomic mass is 9.89. The van der Waals surface area contributed by atoms with E-state index in [0.717, 1.165) is 6.26 Å². The van der Waals surface area contributed by atoms with Crippen LogP contribution >= 0.6 is 0 Å². The molecule has 0 amide bonds. The largest absolute Gasteiger partial charge is 0.480 e. The maximum Gasteiger partial charge on any atom is 0.323 e. The summed E-state index contributed by atoms with van der Waals surface area (Å²) < 4.78 is 23.7. The Bertz CT molecular complexity index is 344. The van der Waals surface area contributed by atoms with Crippen LogP contribution in [0.15, 0.2) is 0 Å². The predicted molar refractivity (Wildman–Crippen MR) is 55.1 cm³/mol. The van der Waals surface area contributed by atoms with Crippen molar-refractivity contribution in [2.24, 2.45) is 0 Å². The van der Waals surface area contributed by atoms with Crippen LogP contribution in [0.4, 0.5) is 0 Å². The maximum absolute atomic E-state index is 11.2. The molecule has 2 N–H and O–H groups in total. The summed E-state index contributed by atoms with van der Waals surface area (Å²) in [4.78, 5) is 11.0. The molecule has 0 aromatic heterocycles. The Morgan fingerprint density at radius 1 is 1.40 bits per heavy atom. The normalized spacial score (nSPS) is 22.5. The molecule has 0 saturated carbocycles. The van der Waals surface area contributed by atoms with Crippen molar-refractivity contribution < 1.29 is 18.3 Å². The molecule has 1 fully saturated rings. The molecule has 15 heavy (non-hydrogen) atoms. The number of nitrogens with zero attached hydrogens (tertiary/aromatic N) is 1. The number of hydrogen-bond acceptors (Lipinski definition) is 4.